The minimum Gasteiger partial charge on any atom is -0.408 e. The van der Waals surface area contributed by atoms with Gasteiger partial charge in [0.2, 0.25) is 11.8 Å². The number of rotatable bonds is 6. The van der Waals surface area contributed by atoms with Gasteiger partial charge in [0.1, 0.15) is 18.4 Å². The molecule has 0 unspecified atom stereocenters. The Hall–Kier alpha value is -3.59. The maximum atomic E-state index is 14.2. The number of carbonyl (C=O) groups is 3. The zero-order chi connectivity index (χ0) is 24.0. The summed E-state index contributed by atoms with van der Waals surface area (Å²) >= 11 is 5.82. The zero-order valence-electron chi connectivity index (χ0n) is 18.0. The average molecular weight is 485 g/mol. The van der Waals surface area contributed by atoms with Crippen LogP contribution in [0.2, 0.25) is 5.02 Å². The number of hydrogen-bond donors (Lipinski definition) is 2. The summed E-state index contributed by atoms with van der Waals surface area (Å²) < 4.78 is 20.9. The fraction of sp³-hybridized carbons (Fsp3) is 0.292. The molecule has 3 atom stereocenters. The first-order valence-corrected chi connectivity index (χ1v) is 11.3. The maximum Gasteiger partial charge on any atom is 0.410 e. The molecule has 10 heteroatoms. The quantitative estimate of drug-likeness (QED) is 0.560. The summed E-state index contributed by atoms with van der Waals surface area (Å²) in [5, 5.41) is 3.39. The van der Waals surface area contributed by atoms with Crippen molar-refractivity contribution in [3.8, 4) is 5.75 Å². The third-order valence-corrected chi connectivity index (χ3v) is 6.74. The van der Waals surface area contributed by atoms with Gasteiger partial charge in [-0.25, -0.2) is 9.18 Å². The molecule has 176 valence electrons. The smallest absolute Gasteiger partial charge is 0.408 e. The second-order valence-electron chi connectivity index (χ2n) is 8.61. The molecule has 1 saturated carbocycles. The van der Waals surface area contributed by atoms with Gasteiger partial charge < -0.3 is 25.3 Å². The summed E-state index contributed by atoms with van der Waals surface area (Å²) in [7, 11) is 0. The summed E-state index contributed by atoms with van der Waals surface area (Å²) in [5.41, 5.74) is 6.15. The lowest BCUT2D eigenvalue weighted by Gasteiger charge is -2.27. The minimum absolute atomic E-state index is 0.00991. The van der Waals surface area contributed by atoms with Crippen LogP contribution in [0.3, 0.4) is 0 Å². The Balaban J connectivity index is 1.32. The van der Waals surface area contributed by atoms with Crippen molar-refractivity contribution in [2.75, 3.05) is 0 Å². The number of carbonyl (C=O) groups excluding carboxylic acids is 3. The van der Waals surface area contributed by atoms with Gasteiger partial charge in [0.25, 0.3) is 0 Å². The molecule has 0 radical (unpaired) electrons. The van der Waals surface area contributed by atoms with Crippen LogP contribution in [0.4, 0.5) is 9.18 Å². The molecule has 1 saturated heterocycles. The topological polar surface area (TPSA) is 107 Å². The average Bonchev–Trinajstić information content (AvgIpc) is 3.34. The third-order valence-electron chi connectivity index (χ3n) is 6.45. The van der Waals surface area contributed by atoms with Crippen molar-refractivity contribution >= 4 is 40.4 Å². The van der Waals surface area contributed by atoms with Gasteiger partial charge in [-0.15, -0.1) is 0 Å². The van der Waals surface area contributed by atoms with E-state index in [1.807, 2.05) is 12.1 Å². The second kappa shape index (κ2) is 8.64. The van der Waals surface area contributed by atoms with Crippen molar-refractivity contribution in [2.45, 2.75) is 38.0 Å². The van der Waals surface area contributed by atoms with Crippen molar-refractivity contribution in [1.82, 2.24) is 14.8 Å². The van der Waals surface area contributed by atoms with E-state index in [4.69, 9.17) is 22.1 Å². The lowest BCUT2D eigenvalue weighted by atomic mass is 10.1. The molecule has 0 bridgehead atoms. The number of nitrogens with two attached hydrogens (primary N) is 1. The number of nitrogens with zero attached hydrogens (tertiary/aromatic N) is 2. The number of halogens is 2. The van der Waals surface area contributed by atoms with Gasteiger partial charge in [-0.1, -0.05) is 35.9 Å². The molecule has 3 aromatic rings. The highest BCUT2D eigenvalue weighted by atomic mass is 35.5. The lowest BCUT2D eigenvalue weighted by Crippen LogP contribution is -2.48. The van der Waals surface area contributed by atoms with E-state index in [0.717, 1.165) is 6.42 Å². The first-order chi connectivity index (χ1) is 16.3. The number of hydrogen-bond acceptors (Lipinski definition) is 4. The number of ether oxygens (including phenoxy) is 1. The van der Waals surface area contributed by atoms with Crippen LogP contribution in [0.1, 0.15) is 18.4 Å². The molecule has 3 N–H and O–H groups in total. The standard InChI is InChI=1S/C24H22ClFN4O4/c25-16-6-3-4-13(22(16)26)10-28-23(32)19-9-14-8-18(14)30(19)21(31)12-29-11-20(34-24(27)33)15-5-1-2-7-17(15)29/h1-7,11,14,18-19H,8-10,12H2,(H2,27,33)(H,28,32)/t14-,18-,19+/m1/s1. The fourth-order valence-electron chi connectivity index (χ4n) is 4.80. The van der Waals surface area contributed by atoms with E-state index in [9.17, 15) is 18.8 Å². The molecule has 1 aliphatic heterocycles. The number of aromatic nitrogens is 1. The molecule has 2 aromatic carbocycles. The van der Waals surface area contributed by atoms with Crippen LogP contribution in [0.5, 0.6) is 5.75 Å². The number of primary amides is 1. The highest BCUT2D eigenvalue weighted by Crippen LogP contribution is 2.48. The molecule has 3 amide bonds. The number of likely N-dealkylation sites (tertiary alicyclic amines) is 1. The normalized spacial score (nSPS) is 20.8. The van der Waals surface area contributed by atoms with E-state index < -0.39 is 18.0 Å². The molecule has 1 aliphatic carbocycles. The summed E-state index contributed by atoms with van der Waals surface area (Å²) in [6.45, 7) is -0.0479. The van der Waals surface area contributed by atoms with Crippen LogP contribution < -0.4 is 15.8 Å². The number of benzene rings is 2. The molecule has 8 nitrogen and oxygen atoms in total. The first kappa shape index (κ1) is 22.2. The van der Waals surface area contributed by atoms with Crippen LogP contribution in [-0.4, -0.2) is 39.5 Å². The molecule has 5 rings (SSSR count). The maximum absolute atomic E-state index is 14.2. The van der Waals surface area contributed by atoms with Gasteiger partial charge in [-0.3, -0.25) is 9.59 Å². The van der Waals surface area contributed by atoms with E-state index in [-0.39, 0.29) is 53.2 Å². The van der Waals surface area contributed by atoms with Gasteiger partial charge in [0.05, 0.1) is 10.5 Å². The Labute approximate surface area is 199 Å². The molecule has 34 heavy (non-hydrogen) atoms. The van der Waals surface area contributed by atoms with Crippen LogP contribution in [0, 0.1) is 11.7 Å². The predicted molar refractivity (Wildman–Crippen MR) is 123 cm³/mol. The minimum atomic E-state index is -0.942. The SMILES string of the molecule is NC(=O)Oc1cn(CC(=O)N2[C@@H]3C[C@@H]3C[C@H]2C(=O)NCc2cccc(Cl)c2F)c2ccccc12. The van der Waals surface area contributed by atoms with Crippen LogP contribution in [0.25, 0.3) is 10.9 Å². The molecule has 2 aliphatic rings. The van der Waals surface area contributed by atoms with Crippen molar-refractivity contribution < 1.29 is 23.5 Å². The van der Waals surface area contributed by atoms with Crippen LogP contribution >= 0.6 is 11.6 Å². The molecule has 1 aromatic heterocycles. The number of amides is 3. The van der Waals surface area contributed by atoms with E-state index in [0.29, 0.717) is 17.3 Å². The Bertz CT molecular complexity index is 1310. The van der Waals surface area contributed by atoms with E-state index in [1.165, 1.54) is 6.07 Å². The van der Waals surface area contributed by atoms with Gasteiger partial charge in [-0.2, -0.15) is 0 Å². The molecule has 2 fully saturated rings. The van der Waals surface area contributed by atoms with Crippen molar-refractivity contribution in [3.05, 3.63) is 65.1 Å². The third kappa shape index (κ3) is 4.07. The summed E-state index contributed by atoms with van der Waals surface area (Å²) in [6, 6.07) is 11.2. The van der Waals surface area contributed by atoms with Crippen molar-refractivity contribution in [2.24, 2.45) is 11.7 Å². The largest absolute Gasteiger partial charge is 0.410 e. The Kier molecular flexibility index (Phi) is 5.65. The zero-order valence-corrected chi connectivity index (χ0v) is 18.8. The van der Waals surface area contributed by atoms with Crippen LogP contribution in [0.15, 0.2) is 48.7 Å². The highest BCUT2D eigenvalue weighted by Gasteiger charge is 2.55. The summed E-state index contributed by atoms with van der Waals surface area (Å²) in [6.07, 6.45) is 2.05. The van der Waals surface area contributed by atoms with Crippen molar-refractivity contribution in [3.63, 3.8) is 0 Å². The molecule has 2 heterocycles. The van der Waals surface area contributed by atoms with Gasteiger partial charge in [0.15, 0.2) is 5.75 Å². The van der Waals surface area contributed by atoms with Crippen molar-refractivity contribution in [1.29, 1.82) is 0 Å². The van der Waals surface area contributed by atoms with Crippen LogP contribution in [-0.2, 0) is 22.7 Å². The molecular formula is C24H22ClFN4O4. The lowest BCUT2D eigenvalue weighted by molar-refractivity contribution is -0.140. The number of piperidine rings is 1. The summed E-state index contributed by atoms with van der Waals surface area (Å²) in [5.74, 6) is -0.558. The predicted octanol–water partition coefficient (Wildman–Crippen LogP) is 3.20. The van der Waals surface area contributed by atoms with E-state index >= 15 is 0 Å². The monoisotopic (exact) mass is 484 g/mol. The van der Waals surface area contributed by atoms with Gasteiger partial charge >= 0.3 is 6.09 Å². The van der Waals surface area contributed by atoms with Gasteiger partial charge in [0, 0.05) is 29.7 Å². The first-order valence-electron chi connectivity index (χ1n) is 10.9. The molecular weight excluding hydrogens is 463 g/mol. The Morgan fingerprint density at radius 1 is 1.15 bits per heavy atom. The second-order valence-corrected chi connectivity index (χ2v) is 9.01. The van der Waals surface area contributed by atoms with E-state index in [1.54, 1.807) is 39.9 Å². The number of para-hydroxylation sites is 1. The highest BCUT2D eigenvalue weighted by molar-refractivity contribution is 6.30. The fourth-order valence-corrected chi connectivity index (χ4v) is 4.99. The summed E-state index contributed by atoms with van der Waals surface area (Å²) in [4.78, 5) is 39.2. The Morgan fingerprint density at radius 2 is 1.94 bits per heavy atom. The number of nitrogens with one attached hydrogen (secondary N) is 1. The molecule has 0 spiro atoms. The van der Waals surface area contributed by atoms with E-state index in [2.05, 4.69) is 5.32 Å². The van der Waals surface area contributed by atoms with Gasteiger partial charge in [-0.05, 0) is 37.0 Å². The number of fused-ring (bicyclic) bond motifs is 2. The Morgan fingerprint density at radius 3 is 2.74 bits per heavy atom.